The molecule has 3 amide bonds. The number of aromatic nitrogens is 1. The molecule has 3 aromatic heterocycles. The van der Waals surface area contributed by atoms with Gasteiger partial charge in [-0.25, -0.2) is 4.98 Å². The summed E-state index contributed by atoms with van der Waals surface area (Å²) in [7, 11) is 0. The molecule has 4 aromatic rings. The number of carbonyl (C=O) groups is 3. The fourth-order valence-electron chi connectivity index (χ4n) is 3.82. The van der Waals surface area contributed by atoms with Crippen LogP contribution < -0.4 is 5.32 Å². The van der Waals surface area contributed by atoms with E-state index in [9.17, 15) is 14.4 Å². The Balaban J connectivity index is 1.45. The van der Waals surface area contributed by atoms with Crippen LogP contribution in [0.15, 0.2) is 59.3 Å². The van der Waals surface area contributed by atoms with E-state index in [1.807, 2.05) is 41.3 Å². The van der Waals surface area contributed by atoms with Crippen molar-refractivity contribution in [3.8, 4) is 20.3 Å². The average molecular weight is 526 g/mol. The predicted molar refractivity (Wildman–Crippen MR) is 141 cm³/mol. The zero-order valence-corrected chi connectivity index (χ0v) is 21.3. The van der Waals surface area contributed by atoms with Gasteiger partial charge >= 0.3 is 0 Å². The van der Waals surface area contributed by atoms with Gasteiger partial charge in [0.25, 0.3) is 11.8 Å². The monoisotopic (exact) mass is 525 g/mol. The van der Waals surface area contributed by atoms with Crippen molar-refractivity contribution in [2.45, 2.75) is 12.5 Å². The van der Waals surface area contributed by atoms with Crippen molar-refractivity contribution in [1.82, 2.24) is 9.88 Å². The average Bonchev–Trinajstić information content (AvgIpc) is 3.63. The van der Waals surface area contributed by atoms with Crippen LogP contribution in [0.3, 0.4) is 0 Å². The molecule has 1 aromatic carbocycles. The number of carbonyl (C=O) groups excluding carboxylic acids is 3. The van der Waals surface area contributed by atoms with E-state index in [0.29, 0.717) is 28.4 Å². The molecule has 10 heteroatoms. The quantitative estimate of drug-likeness (QED) is 0.287. The lowest BCUT2D eigenvalue weighted by Crippen LogP contribution is -2.47. The Kier molecular flexibility index (Phi) is 6.64. The van der Waals surface area contributed by atoms with Crippen LogP contribution in [0, 0.1) is 0 Å². The van der Waals surface area contributed by atoms with Crippen molar-refractivity contribution < 1.29 is 14.4 Å². The Bertz CT molecular complexity index is 1260. The number of fused-ring (bicyclic) bond motifs is 1. The molecule has 0 fully saturated rings. The van der Waals surface area contributed by atoms with E-state index < -0.39 is 23.8 Å². The maximum atomic E-state index is 13.4. The molecule has 1 aliphatic heterocycles. The highest BCUT2D eigenvalue weighted by atomic mass is 32.2. The van der Waals surface area contributed by atoms with Crippen LogP contribution in [0.2, 0.25) is 0 Å². The van der Waals surface area contributed by atoms with Crippen molar-refractivity contribution >= 4 is 68.6 Å². The summed E-state index contributed by atoms with van der Waals surface area (Å²) in [6, 6.07) is 13.8. The lowest BCUT2D eigenvalue weighted by molar-refractivity contribution is -0.120. The van der Waals surface area contributed by atoms with Crippen molar-refractivity contribution in [3.63, 3.8) is 0 Å². The van der Waals surface area contributed by atoms with Gasteiger partial charge in [0.1, 0.15) is 11.7 Å². The van der Waals surface area contributed by atoms with E-state index in [-0.39, 0.29) is 0 Å². The first-order chi connectivity index (χ1) is 16.6. The van der Waals surface area contributed by atoms with E-state index >= 15 is 0 Å². The Morgan fingerprint density at radius 2 is 1.65 bits per heavy atom. The summed E-state index contributed by atoms with van der Waals surface area (Å²) in [5, 5.41) is 7.35. The summed E-state index contributed by atoms with van der Waals surface area (Å²) < 4.78 is 0. The Morgan fingerprint density at radius 1 is 1.00 bits per heavy atom. The fraction of sp³-hybridized carbons (Fsp3) is 0.167. The van der Waals surface area contributed by atoms with E-state index in [2.05, 4.69) is 5.32 Å². The molecule has 0 bridgehead atoms. The van der Waals surface area contributed by atoms with E-state index in [4.69, 9.17) is 4.98 Å². The number of hydrogen-bond acceptors (Lipinski definition) is 8. The molecule has 5 rings (SSSR count). The zero-order chi connectivity index (χ0) is 23.7. The minimum Gasteiger partial charge on any atom is -0.300 e. The number of amides is 3. The smallest absolute Gasteiger partial charge is 0.262 e. The molecule has 0 saturated heterocycles. The van der Waals surface area contributed by atoms with Crippen molar-refractivity contribution in [2.24, 2.45) is 0 Å². The van der Waals surface area contributed by atoms with Gasteiger partial charge in [0, 0.05) is 4.88 Å². The third-order valence-electron chi connectivity index (χ3n) is 5.39. The highest BCUT2D eigenvalue weighted by molar-refractivity contribution is 7.98. The molecular weight excluding hydrogens is 507 g/mol. The number of nitrogens with one attached hydrogen (secondary N) is 1. The first-order valence-corrected chi connectivity index (χ1v) is 14.4. The van der Waals surface area contributed by atoms with Crippen molar-refractivity contribution in [3.05, 3.63) is 70.4 Å². The lowest BCUT2D eigenvalue weighted by atomic mass is 10.1. The predicted octanol–water partition coefficient (Wildman–Crippen LogP) is 5.96. The van der Waals surface area contributed by atoms with Crippen LogP contribution >= 0.6 is 45.8 Å². The Morgan fingerprint density at radius 3 is 2.24 bits per heavy atom. The molecule has 0 saturated carbocycles. The number of imide groups is 1. The molecule has 0 spiro atoms. The molecule has 4 heterocycles. The van der Waals surface area contributed by atoms with Crippen LogP contribution in [0.4, 0.5) is 5.13 Å². The van der Waals surface area contributed by atoms with Gasteiger partial charge in [0.2, 0.25) is 5.91 Å². The van der Waals surface area contributed by atoms with Gasteiger partial charge in [-0.2, -0.15) is 11.8 Å². The number of rotatable bonds is 8. The van der Waals surface area contributed by atoms with Crippen LogP contribution in [0.25, 0.3) is 20.3 Å². The molecule has 0 unspecified atom stereocenters. The summed E-state index contributed by atoms with van der Waals surface area (Å²) in [4.78, 5) is 48.4. The van der Waals surface area contributed by atoms with E-state index in [1.165, 1.54) is 11.3 Å². The van der Waals surface area contributed by atoms with Gasteiger partial charge in [0.05, 0.1) is 20.9 Å². The SMILES string of the molecule is CSCC[C@H](C(=O)Nc1nc(-c2cccs2)c(-c2cccs2)s1)N1C(=O)c2ccccc2C1=O. The standard InChI is InChI=1S/C24H19N3O3S4/c1-31-13-10-16(27-22(29)14-6-2-3-7-15(14)23(27)30)21(28)26-24-25-19(17-8-4-11-32-17)20(34-24)18-9-5-12-33-18/h2-9,11-12,16H,10,13H2,1H3,(H,25,26,28)/t16-/m1/s1. The molecule has 1 atom stereocenters. The minimum absolute atomic E-state index is 0.337. The molecule has 6 nitrogen and oxygen atoms in total. The Labute approximate surface area is 212 Å². The highest BCUT2D eigenvalue weighted by Gasteiger charge is 2.42. The summed E-state index contributed by atoms with van der Waals surface area (Å²) >= 11 is 6.16. The van der Waals surface area contributed by atoms with Gasteiger partial charge < -0.3 is 5.32 Å². The van der Waals surface area contributed by atoms with Crippen LogP contribution in [0.1, 0.15) is 27.1 Å². The first kappa shape index (κ1) is 23.0. The second kappa shape index (κ2) is 9.83. The topological polar surface area (TPSA) is 79.4 Å². The second-order valence-electron chi connectivity index (χ2n) is 7.46. The molecule has 172 valence electrons. The number of nitrogens with zero attached hydrogens (tertiary/aromatic N) is 2. The number of thioether (sulfide) groups is 1. The summed E-state index contributed by atoms with van der Waals surface area (Å²) in [5.41, 5.74) is 1.49. The third kappa shape index (κ3) is 4.22. The highest BCUT2D eigenvalue weighted by Crippen LogP contribution is 2.42. The molecule has 1 aliphatic rings. The fourth-order valence-corrected chi connectivity index (χ4v) is 6.90. The molecule has 1 N–H and O–H groups in total. The van der Waals surface area contributed by atoms with Crippen molar-refractivity contribution in [1.29, 1.82) is 0 Å². The number of thiophene rings is 2. The van der Waals surface area contributed by atoms with Gasteiger partial charge in [0.15, 0.2) is 5.13 Å². The number of benzene rings is 1. The van der Waals surface area contributed by atoms with Gasteiger partial charge in [-0.3, -0.25) is 19.3 Å². The second-order valence-corrected chi connectivity index (χ2v) is 11.3. The normalized spacial score (nSPS) is 13.9. The molecule has 34 heavy (non-hydrogen) atoms. The maximum absolute atomic E-state index is 13.4. The van der Waals surface area contributed by atoms with Gasteiger partial charge in [-0.05, 0) is 53.5 Å². The summed E-state index contributed by atoms with van der Waals surface area (Å²) in [5.74, 6) is -0.642. The number of thiazole rings is 1. The minimum atomic E-state index is -0.917. The lowest BCUT2D eigenvalue weighted by Gasteiger charge is -2.24. The third-order valence-corrected chi connectivity index (χ3v) is 8.93. The van der Waals surface area contributed by atoms with E-state index in [0.717, 1.165) is 25.2 Å². The number of anilines is 1. The van der Waals surface area contributed by atoms with Crippen LogP contribution in [-0.4, -0.2) is 45.7 Å². The van der Waals surface area contributed by atoms with Gasteiger partial charge in [-0.1, -0.05) is 35.6 Å². The largest absolute Gasteiger partial charge is 0.300 e. The van der Waals surface area contributed by atoms with Crippen molar-refractivity contribution in [2.75, 3.05) is 17.3 Å². The van der Waals surface area contributed by atoms with E-state index in [1.54, 1.807) is 58.7 Å². The zero-order valence-electron chi connectivity index (χ0n) is 18.0. The molecule has 0 aliphatic carbocycles. The van der Waals surface area contributed by atoms with Crippen LogP contribution in [0.5, 0.6) is 0 Å². The molecular formula is C24H19N3O3S4. The Hall–Kier alpha value is -2.79. The maximum Gasteiger partial charge on any atom is 0.262 e. The van der Waals surface area contributed by atoms with Gasteiger partial charge in [-0.15, -0.1) is 22.7 Å². The molecule has 0 radical (unpaired) electrons. The summed E-state index contributed by atoms with van der Waals surface area (Å²) in [6.45, 7) is 0. The number of hydrogen-bond donors (Lipinski definition) is 1. The first-order valence-electron chi connectivity index (χ1n) is 10.4. The van der Waals surface area contributed by atoms with Crippen LogP contribution in [-0.2, 0) is 4.79 Å². The summed E-state index contributed by atoms with van der Waals surface area (Å²) in [6.07, 6.45) is 2.29.